The monoisotopic (exact) mass is 250 g/mol. The van der Waals surface area contributed by atoms with Gasteiger partial charge in [-0.1, -0.05) is 25.4 Å². The second kappa shape index (κ2) is 5.66. The summed E-state index contributed by atoms with van der Waals surface area (Å²) >= 11 is 5.96. The van der Waals surface area contributed by atoms with E-state index in [2.05, 4.69) is 4.98 Å². The first-order chi connectivity index (χ1) is 6.49. The molecule has 0 amide bonds. The lowest BCUT2D eigenvalue weighted by molar-refractivity contribution is 0.132. The van der Waals surface area contributed by atoms with E-state index in [1.54, 1.807) is 18.5 Å². The fourth-order valence-electron chi connectivity index (χ4n) is 1.16. The maximum absolute atomic E-state index is 9.18. The van der Waals surface area contributed by atoms with Gasteiger partial charge in [0, 0.05) is 30.5 Å². The van der Waals surface area contributed by atoms with Crippen LogP contribution in [0, 0.1) is 5.41 Å². The zero-order chi connectivity index (χ0) is 10.8. The van der Waals surface area contributed by atoms with Crippen molar-refractivity contribution in [3.8, 4) is 0 Å². The second-order valence-corrected chi connectivity index (χ2v) is 4.43. The van der Waals surface area contributed by atoms with Crippen LogP contribution in [-0.2, 0) is 0 Å². The molecule has 0 aliphatic rings. The van der Waals surface area contributed by atoms with E-state index in [1.807, 2.05) is 13.8 Å². The highest BCUT2D eigenvalue weighted by Crippen LogP contribution is 2.33. The molecular weight excluding hydrogens is 235 g/mol. The molecule has 1 aromatic heterocycles. The molecule has 0 aromatic carbocycles. The first-order valence-electron chi connectivity index (χ1n) is 4.45. The molecule has 86 valence electrons. The van der Waals surface area contributed by atoms with Crippen molar-refractivity contribution in [2.45, 2.75) is 19.9 Å². The van der Waals surface area contributed by atoms with Gasteiger partial charge in [-0.25, -0.2) is 0 Å². The molecule has 0 unspecified atom stereocenters. The van der Waals surface area contributed by atoms with Gasteiger partial charge >= 0.3 is 0 Å². The topological polar surface area (TPSA) is 59.1 Å². The van der Waals surface area contributed by atoms with Crippen LogP contribution in [0.4, 0.5) is 0 Å². The predicted octanol–water partition coefficient (Wildman–Crippen LogP) is 2.18. The summed E-state index contributed by atoms with van der Waals surface area (Å²) < 4.78 is 0. The molecule has 0 radical (unpaired) electrons. The largest absolute Gasteiger partial charge is 0.396 e. The van der Waals surface area contributed by atoms with E-state index in [0.29, 0.717) is 5.02 Å². The zero-order valence-electron chi connectivity index (χ0n) is 8.77. The van der Waals surface area contributed by atoms with E-state index >= 15 is 0 Å². The molecular formula is C10H16Cl2N2O. The summed E-state index contributed by atoms with van der Waals surface area (Å²) in [4.78, 5) is 3.89. The average Bonchev–Trinajstić information content (AvgIpc) is 2.17. The number of nitrogens with two attached hydrogens (primary N) is 1. The second-order valence-electron chi connectivity index (χ2n) is 4.02. The number of aromatic nitrogens is 1. The Morgan fingerprint density at radius 2 is 2.20 bits per heavy atom. The Morgan fingerprint density at radius 1 is 1.60 bits per heavy atom. The minimum absolute atomic E-state index is 0. The zero-order valence-corrected chi connectivity index (χ0v) is 10.3. The van der Waals surface area contributed by atoms with Crippen molar-refractivity contribution >= 4 is 24.0 Å². The Balaban J connectivity index is 0.00000196. The average molecular weight is 251 g/mol. The van der Waals surface area contributed by atoms with Gasteiger partial charge in [-0.05, 0) is 11.6 Å². The van der Waals surface area contributed by atoms with Crippen LogP contribution in [0.3, 0.4) is 0 Å². The minimum Gasteiger partial charge on any atom is -0.396 e. The number of hydrogen-bond donors (Lipinski definition) is 2. The molecule has 0 fully saturated rings. The van der Waals surface area contributed by atoms with E-state index < -0.39 is 0 Å². The van der Waals surface area contributed by atoms with Gasteiger partial charge in [-0.15, -0.1) is 12.4 Å². The van der Waals surface area contributed by atoms with Crippen molar-refractivity contribution in [3.05, 3.63) is 29.0 Å². The molecule has 1 rings (SSSR count). The van der Waals surface area contributed by atoms with Crippen molar-refractivity contribution in [1.29, 1.82) is 0 Å². The van der Waals surface area contributed by atoms with Crippen molar-refractivity contribution in [3.63, 3.8) is 0 Å². The molecule has 3 nitrogen and oxygen atoms in total. The molecule has 1 atom stereocenters. The van der Waals surface area contributed by atoms with Gasteiger partial charge in [-0.3, -0.25) is 4.98 Å². The van der Waals surface area contributed by atoms with Crippen LogP contribution < -0.4 is 5.73 Å². The van der Waals surface area contributed by atoms with Gasteiger partial charge in [-0.2, -0.15) is 0 Å². The maximum Gasteiger partial charge on any atom is 0.0637 e. The highest BCUT2D eigenvalue weighted by Gasteiger charge is 2.28. The van der Waals surface area contributed by atoms with E-state index in [4.69, 9.17) is 17.3 Å². The number of pyridine rings is 1. The summed E-state index contributed by atoms with van der Waals surface area (Å²) in [6.07, 6.45) is 3.21. The summed E-state index contributed by atoms with van der Waals surface area (Å²) in [6.45, 7) is 3.82. The lowest BCUT2D eigenvalue weighted by Crippen LogP contribution is -2.32. The van der Waals surface area contributed by atoms with Crippen LogP contribution in [0.25, 0.3) is 0 Å². The quantitative estimate of drug-likeness (QED) is 0.865. The summed E-state index contributed by atoms with van der Waals surface area (Å²) in [5, 5.41) is 9.72. The van der Waals surface area contributed by atoms with Crippen molar-refractivity contribution < 1.29 is 5.11 Å². The van der Waals surface area contributed by atoms with Crippen LogP contribution in [-0.4, -0.2) is 16.7 Å². The molecule has 0 saturated heterocycles. The molecule has 0 aliphatic carbocycles. The summed E-state index contributed by atoms with van der Waals surface area (Å²) in [7, 11) is 0. The van der Waals surface area contributed by atoms with Crippen LogP contribution in [0.1, 0.15) is 25.5 Å². The van der Waals surface area contributed by atoms with Gasteiger partial charge in [0.25, 0.3) is 0 Å². The minimum atomic E-state index is -0.384. The first kappa shape index (κ1) is 14.6. The van der Waals surface area contributed by atoms with Gasteiger partial charge in [0.1, 0.15) is 0 Å². The molecule has 0 aliphatic heterocycles. The third-order valence-corrected chi connectivity index (χ3v) is 2.70. The fourth-order valence-corrected chi connectivity index (χ4v) is 1.39. The van der Waals surface area contributed by atoms with E-state index in [9.17, 15) is 5.11 Å². The van der Waals surface area contributed by atoms with Gasteiger partial charge in [0.2, 0.25) is 0 Å². The summed E-state index contributed by atoms with van der Waals surface area (Å²) in [5.74, 6) is 0. The smallest absolute Gasteiger partial charge is 0.0637 e. The Bertz CT molecular complexity index is 318. The molecule has 0 bridgehead atoms. The van der Waals surface area contributed by atoms with Crippen LogP contribution in [0.5, 0.6) is 0 Å². The Hall–Kier alpha value is -0.350. The van der Waals surface area contributed by atoms with Crippen LogP contribution in [0.15, 0.2) is 18.5 Å². The molecule has 1 heterocycles. The maximum atomic E-state index is 9.18. The van der Waals surface area contributed by atoms with Crippen molar-refractivity contribution in [2.75, 3.05) is 6.61 Å². The predicted molar refractivity (Wildman–Crippen MR) is 64.3 cm³/mol. The lowest BCUT2D eigenvalue weighted by Gasteiger charge is -2.30. The molecule has 0 spiro atoms. The number of nitrogens with zero attached hydrogens (tertiary/aromatic N) is 1. The highest BCUT2D eigenvalue weighted by atomic mass is 35.5. The van der Waals surface area contributed by atoms with Crippen LogP contribution >= 0.6 is 24.0 Å². The third-order valence-electron chi connectivity index (χ3n) is 2.39. The van der Waals surface area contributed by atoms with Crippen molar-refractivity contribution in [1.82, 2.24) is 4.98 Å². The molecule has 1 aromatic rings. The highest BCUT2D eigenvalue weighted by molar-refractivity contribution is 6.31. The van der Waals surface area contributed by atoms with Gasteiger partial charge in [0.05, 0.1) is 5.02 Å². The van der Waals surface area contributed by atoms with Gasteiger partial charge in [0.15, 0.2) is 0 Å². The summed E-state index contributed by atoms with van der Waals surface area (Å²) in [5.41, 5.74) is 6.45. The number of aliphatic hydroxyl groups excluding tert-OH is 1. The van der Waals surface area contributed by atoms with Crippen LogP contribution in [0.2, 0.25) is 5.02 Å². The normalized spacial score (nSPS) is 13.1. The number of rotatable bonds is 3. The first-order valence-corrected chi connectivity index (χ1v) is 4.82. The molecule has 3 N–H and O–H groups in total. The number of halogens is 2. The van der Waals surface area contributed by atoms with E-state index in [1.165, 1.54) is 0 Å². The Kier molecular flexibility index (Phi) is 5.53. The summed E-state index contributed by atoms with van der Waals surface area (Å²) in [6, 6.07) is 1.49. The number of aliphatic hydroxyl groups is 1. The SMILES string of the molecule is CC(C)(CO)[C@@H](N)c1ccncc1Cl.Cl. The third kappa shape index (κ3) is 3.31. The Labute approximate surface area is 101 Å². The standard InChI is InChI=1S/C10H15ClN2O.ClH/c1-10(2,6-14)9(12)7-3-4-13-5-8(7)11;/h3-5,9,14H,6,12H2,1-2H3;1H/t9-;/m0./s1. The van der Waals surface area contributed by atoms with E-state index in [0.717, 1.165) is 5.56 Å². The lowest BCUT2D eigenvalue weighted by atomic mass is 9.82. The Morgan fingerprint density at radius 3 is 2.67 bits per heavy atom. The van der Waals surface area contributed by atoms with E-state index in [-0.39, 0.29) is 30.5 Å². The fraction of sp³-hybridized carbons (Fsp3) is 0.500. The molecule has 0 saturated carbocycles. The van der Waals surface area contributed by atoms with Crippen molar-refractivity contribution in [2.24, 2.45) is 11.1 Å². The molecule has 15 heavy (non-hydrogen) atoms. The van der Waals surface area contributed by atoms with Gasteiger partial charge < -0.3 is 10.8 Å². The number of hydrogen-bond acceptors (Lipinski definition) is 3. The molecule has 5 heteroatoms.